The Morgan fingerprint density at radius 2 is 2.12 bits per heavy atom. The number of carbonyl (C=O) groups is 1. The maximum absolute atomic E-state index is 13.2. The second-order valence-corrected chi connectivity index (χ2v) is 6.85. The molecular formula is C18H14FN3O2S. The summed E-state index contributed by atoms with van der Waals surface area (Å²) in [6.45, 7) is 2.17. The molecule has 0 saturated heterocycles. The van der Waals surface area contributed by atoms with E-state index in [1.165, 1.54) is 12.1 Å². The lowest BCUT2D eigenvalue weighted by atomic mass is 10.2. The van der Waals surface area contributed by atoms with Crippen LogP contribution in [0.25, 0.3) is 16.0 Å². The van der Waals surface area contributed by atoms with Crippen LogP contribution < -0.4 is 5.32 Å². The van der Waals surface area contributed by atoms with Crippen LogP contribution in [0.5, 0.6) is 0 Å². The lowest BCUT2D eigenvalue weighted by Gasteiger charge is -2.05. The van der Waals surface area contributed by atoms with Crippen molar-refractivity contribution in [3.05, 3.63) is 70.7 Å². The summed E-state index contributed by atoms with van der Waals surface area (Å²) in [5.74, 6) is -0.573. The zero-order chi connectivity index (χ0) is 17.4. The van der Waals surface area contributed by atoms with Crippen molar-refractivity contribution in [3.8, 4) is 5.00 Å². The second kappa shape index (κ2) is 6.18. The van der Waals surface area contributed by atoms with E-state index < -0.39 is 0 Å². The molecule has 4 rings (SSSR count). The Kier molecular flexibility index (Phi) is 3.85. The molecule has 126 valence electrons. The number of thiophene rings is 1. The molecule has 3 heterocycles. The summed E-state index contributed by atoms with van der Waals surface area (Å²) in [6.07, 6.45) is 3.81. The highest BCUT2D eigenvalue weighted by Gasteiger charge is 2.17. The molecule has 7 heteroatoms. The fraction of sp³-hybridized carbons (Fsp3) is 0.111. The van der Waals surface area contributed by atoms with E-state index in [1.807, 2.05) is 42.1 Å². The number of aryl methyl sites for hydroxylation is 1. The van der Waals surface area contributed by atoms with E-state index >= 15 is 0 Å². The Labute approximate surface area is 146 Å². The van der Waals surface area contributed by atoms with Gasteiger partial charge in [-0.2, -0.15) is 0 Å². The van der Waals surface area contributed by atoms with Crippen LogP contribution in [0, 0.1) is 12.7 Å². The van der Waals surface area contributed by atoms with Crippen LogP contribution in [0.3, 0.4) is 0 Å². The number of fused-ring (bicyclic) bond motifs is 1. The normalized spacial score (nSPS) is 11.1. The Bertz CT molecular complexity index is 1050. The topological polar surface area (TPSA) is 60.1 Å². The highest BCUT2D eigenvalue weighted by molar-refractivity contribution is 7.14. The summed E-state index contributed by atoms with van der Waals surface area (Å²) in [6, 6.07) is 9.92. The molecule has 25 heavy (non-hydrogen) atoms. The van der Waals surface area contributed by atoms with Gasteiger partial charge < -0.3 is 14.4 Å². The fourth-order valence-corrected chi connectivity index (χ4v) is 3.65. The predicted molar refractivity (Wildman–Crippen MR) is 93.5 cm³/mol. The van der Waals surface area contributed by atoms with E-state index in [1.54, 1.807) is 17.4 Å². The quantitative estimate of drug-likeness (QED) is 0.601. The van der Waals surface area contributed by atoms with E-state index in [4.69, 9.17) is 4.52 Å². The molecule has 0 unspecified atom stereocenters. The number of carbonyl (C=O) groups excluding carboxylic acids is 1. The number of benzene rings is 1. The van der Waals surface area contributed by atoms with Crippen LogP contribution in [-0.4, -0.2) is 15.6 Å². The van der Waals surface area contributed by atoms with Crippen molar-refractivity contribution >= 4 is 28.2 Å². The third kappa shape index (κ3) is 2.94. The van der Waals surface area contributed by atoms with Gasteiger partial charge in [0.1, 0.15) is 16.5 Å². The van der Waals surface area contributed by atoms with E-state index in [-0.39, 0.29) is 18.3 Å². The van der Waals surface area contributed by atoms with Crippen LogP contribution >= 0.6 is 11.3 Å². The summed E-state index contributed by atoms with van der Waals surface area (Å²) >= 11 is 1.55. The lowest BCUT2D eigenvalue weighted by Crippen LogP contribution is -2.23. The highest BCUT2D eigenvalue weighted by atomic mass is 32.1. The predicted octanol–water partition coefficient (Wildman–Crippen LogP) is 4.06. The smallest absolute Gasteiger partial charge is 0.254 e. The Balaban J connectivity index is 1.56. The minimum Gasteiger partial charge on any atom is -0.356 e. The summed E-state index contributed by atoms with van der Waals surface area (Å²) in [5.41, 5.74) is 1.54. The molecule has 1 N–H and O–H groups in total. The molecule has 0 fully saturated rings. The molecule has 0 saturated carbocycles. The molecule has 1 amide bonds. The number of nitrogens with zero attached hydrogens (tertiary/aromatic N) is 2. The third-order valence-electron chi connectivity index (χ3n) is 3.84. The van der Waals surface area contributed by atoms with Crippen LogP contribution in [0.2, 0.25) is 0 Å². The number of hydrogen-bond donors (Lipinski definition) is 1. The molecule has 5 nitrogen and oxygen atoms in total. The highest BCUT2D eigenvalue weighted by Crippen LogP contribution is 2.26. The van der Waals surface area contributed by atoms with E-state index in [0.29, 0.717) is 22.2 Å². The summed E-state index contributed by atoms with van der Waals surface area (Å²) < 4.78 is 20.2. The summed E-state index contributed by atoms with van der Waals surface area (Å²) in [5, 5.41) is 8.34. The van der Waals surface area contributed by atoms with Crippen molar-refractivity contribution in [1.82, 2.24) is 15.0 Å². The zero-order valence-corrected chi connectivity index (χ0v) is 14.1. The Hall–Kier alpha value is -2.93. The first-order valence-corrected chi connectivity index (χ1v) is 8.49. The van der Waals surface area contributed by atoms with Gasteiger partial charge in [-0.15, -0.1) is 11.3 Å². The molecule has 1 aromatic carbocycles. The van der Waals surface area contributed by atoms with Crippen molar-refractivity contribution in [3.63, 3.8) is 0 Å². The zero-order valence-electron chi connectivity index (χ0n) is 13.3. The summed E-state index contributed by atoms with van der Waals surface area (Å²) in [4.78, 5) is 13.7. The first-order chi connectivity index (χ1) is 12.1. The number of rotatable bonds is 4. The first-order valence-electron chi connectivity index (χ1n) is 7.67. The lowest BCUT2D eigenvalue weighted by molar-refractivity contribution is 0.0950. The fourth-order valence-electron chi connectivity index (χ4n) is 2.68. The maximum Gasteiger partial charge on any atom is 0.254 e. The summed E-state index contributed by atoms with van der Waals surface area (Å²) in [7, 11) is 0. The molecule has 4 aromatic rings. The molecule has 0 aliphatic carbocycles. The SMILES string of the molecule is Cc1cc(C(=O)NCc2noc3cc(F)ccc23)c(-n2cccc2)s1. The molecule has 0 radical (unpaired) electrons. The van der Waals surface area contributed by atoms with E-state index in [0.717, 1.165) is 9.88 Å². The van der Waals surface area contributed by atoms with Crippen molar-refractivity contribution < 1.29 is 13.7 Å². The van der Waals surface area contributed by atoms with Crippen LogP contribution in [0.1, 0.15) is 20.9 Å². The molecule has 0 aliphatic rings. The van der Waals surface area contributed by atoms with E-state index in [9.17, 15) is 9.18 Å². The van der Waals surface area contributed by atoms with Crippen LogP contribution in [-0.2, 0) is 6.54 Å². The Morgan fingerprint density at radius 1 is 1.32 bits per heavy atom. The van der Waals surface area contributed by atoms with Gasteiger partial charge in [0, 0.05) is 28.7 Å². The number of aromatic nitrogens is 2. The van der Waals surface area contributed by atoms with Crippen molar-refractivity contribution in [2.45, 2.75) is 13.5 Å². The minimum atomic E-state index is -0.385. The van der Waals surface area contributed by atoms with Crippen molar-refractivity contribution in [2.75, 3.05) is 0 Å². The molecule has 0 bridgehead atoms. The first kappa shape index (κ1) is 15.6. The van der Waals surface area contributed by atoms with Crippen molar-refractivity contribution in [2.24, 2.45) is 0 Å². The molecule has 0 spiro atoms. The van der Waals surface area contributed by atoms with Gasteiger partial charge in [0.05, 0.1) is 12.1 Å². The van der Waals surface area contributed by atoms with Gasteiger partial charge >= 0.3 is 0 Å². The molecular weight excluding hydrogens is 341 g/mol. The molecule has 3 aromatic heterocycles. The number of amides is 1. The minimum absolute atomic E-state index is 0.189. The van der Waals surface area contributed by atoms with Gasteiger partial charge in [-0.1, -0.05) is 5.16 Å². The number of hydrogen-bond acceptors (Lipinski definition) is 4. The maximum atomic E-state index is 13.2. The van der Waals surface area contributed by atoms with Gasteiger partial charge in [-0.05, 0) is 37.3 Å². The third-order valence-corrected chi connectivity index (χ3v) is 4.91. The van der Waals surface area contributed by atoms with E-state index in [2.05, 4.69) is 10.5 Å². The van der Waals surface area contributed by atoms with Gasteiger partial charge in [0.15, 0.2) is 5.58 Å². The average Bonchev–Trinajstić information content (AvgIpc) is 3.31. The molecule has 0 atom stereocenters. The Morgan fingerprint density at radius 3 is 2.92 bits per heavy atom. The van der Waals surface area contributed by atoms with Gasteiger partial charge in [-0.25, -0.2) is 4.39 Å². The van der Waals surface area contributed by atoms with Gasteiger partial charge in [-0.3, -0.25) is 4.79 Å². The largest absolute Gasteiger partial charge is 0.356 e. The van der Waals surface area contributed by atoms with Crippen molar-refractivity contribution in [1.29, 1.82) is 0 Å². The number of nitrogens with one attached hydrogen (secondary N) is 1. The van der Waals surface area contributed by atoms with Crippen LogP contribution in [0.15, 0.2) is 53.3 Å². The second-order valence-electron chi connectivity index (χ2n) is 5.62. The van der Waals surface area contributed by atoms with Gasteiger partial charge in [0.2, 0.25) is 0 Å². The van der Waals surface area contributed by atoms with Gasteiger partial charge in [0.25, 0.3) is 5.91 Å². The monoisotopic (exact) mass is 355 g/mol. The standard InChI is InChI=1S/C18H14FN3O2S/c1-11-8-14(18(25-11)22-6-2-3-7-22)17(23)20-10-15-13-5-4-12(19)9-16(13)24-21-15/h2-9H,10H2,1H3,(H,20,23). The number of halogens is 1. The molecule has 0 aliphatic heterocycles. The average molecular weight is 355 g/mol. The van der Waals surface area contributed by atoms with Crippen LogP contribution in [0.4, 0.5) is 4.39 Å².